The standard InChI is InChI=1S/C24H22N4O3S/c1-5-30-18-8-6-7-16-12-19(31-22(16)18)23(29)26-21-11-15(4)27-28(21)24-25-17-9-13(2)14(3)10-20(17)32-24/h6-12H,5H2,1-4H3,(H,26,29). The summed E-state index contributed by atoms with van der Waals surface area (Å²) in [6.07, 6.45) is 0. The van der Waals surface area contributed by atoms with Gasteiger partial charge in [0.2, 0.25) is 5.13 Å². The molecule has 8 heteroatoms. The Bertz CT molecular complexity index is 1440. The smallest absolute Gasteiger partial charge is 0.292 e. The molecule has 1 amide bonds. The summed E-state index contributed by atoms with van der Waals surface area (Å²) in [6, 6.07) is 13.3. The van der Waals surface area contributed by atoms with Crippen LogP contribution in [0.1, 0.15) is 34.3 Å². The van der Waals surface area contributed by atoms with E-state index in [1.165, 1.54) is 22.5 Å². The third-order valence-electron chi connectivity index (χ3n) is 5.28. The average molecular weight is 447 g/mol. The number of para-hydroxylation sites is 1. The molecule has 7 nitrogen and oxygen atoms in total. The summed E-state index contributed by atoms with van der Waals surface area (Å²) in [7, 11) is 0. The van der Waals surface area contributed by atoms with Gasteiger partial charge in [-0.1, -0.05) is 23.5 Å². The summed E-state index contributed by atoms with van der Waals surface area (Å²) in [5, 5.41) is 8.97. The predicted molar refractivity (Wildman–Crippen MR) is 126 cm³/mol. The van der Waals surface area contributed by atoms with Gasteiger partial charge in [0.15, 0.2) is 17.1 Å². The number of nitrogens with zero attached hydrogens (tertiary/aromatic N) is 3. The molecule has 0 saturated carbocycles. The van der Waals surface area contributed by atoms with Crippen molar-refractivity contribution in [3.63, 3.8) is 0 Å². The second-order valence-corrected chi connectivity index (χ2v) is 8.66. The van der Waals surface area contributed by atoms with Crippen molar-refractivity contribution in [2.75, 3.05) is 11.9 Å². The lowest BCUT2D eigenvalue weighted by molar-refractivity contribution is 0.0998. The van der Waals surface area contributed by atoms with Crippen LogP contribution in [0.3, 0.4) is 0 Å². The lowest BCUT2D eigenvalue weighted by Crippen LogP contribution is -2.14. The molecule has 0 fully saturated rings. The van der Waals surface area contributed by atoms with Crippen molar-refractivity contribution in [3.05, 3.63) is 65.0 Å². The maximum Gasteiger partial charge on any atom is 0.292 e. The number of carbonyl (C=O) groups excluding carboxylic acids is 1. The number of hydrogen-bond acceptors (Lipinski definition) is 6. The van der Waals surface area contributed by atoms with E-state index < -0.39 is 0 Å². The highest BCUT2D eigenvalue weighted by Gasteiger charge is 2.19. The van der Waals surface area contributed by atoms with Crippen LogP contribution in [0.25, 0.3) is 26.3 Å². The third-order valence-corrected chi connectivity index (χ3v) is 6.27. The zero-order valence-electron chi connectivity index (χ0n) is 18.2. The van der Waals surface area contributed by atoms with Gasteiger partial charge in [-0.15, -0.1) is 0 Å². The highest BCUT2D eigenvalue weighted by molar-refractivity contribution is 7.20. The van der Waals surface area contributed by atoms with E-state index in [1.54, 1.807) is 10.7 Å². The van der Waals surface area contributed by atoms with Crippen molar-refractivity contribution < 1.29 is 13.9 Å². The van der Waals surface area contributed by atoms with Gasteiger partial charge < -0.3 is 14.5 Å². The molecule has 32 heavy (non-hydrogen) atoms. The largest absolute Gasteiger partial charge is 0.490 e. The van der Waals surface area contributed by atoms with E-state index in [4.69, 9.17) is 14.1 Å². The lowest BCUT2D eigenvalue weighted by atomic mass is 10.1. The van der Waals surface area contributed by atoms with Gasteiger partial charge in [0.05, 0.1) is 22.5 Å². The lowest BCUT2D eigenvalue weighted by Gasteiger charge is -2.05. The SMILES string of the molecule is CCOc1cccc2cc(C(=O)Nc3cc(C)nn3-c3nc4cc(C)c(C)cc4s3)oc12. The zero-order chi connectivity index (χ0) is 22.4. The molecule has 5 rings (SSSR count). The molecule has 2 aromatic carbocycles. The molecule has 162 valence electrons. The van der Waals surface area contributed by atoms with E-state index in [9.17, 15) is 4.79 Å². The van der Waals surface area contributed by atoms with Gasteiger partial charge in [0, 0.05) is 11.5 Å². The third kappa shape index (κ3) is 3.52. The van der Waals surface area contributed by atoms with Crippen LogP contribution in [0.5, 0.6) is 5.75 Å². The number of benzene rings is 2. The number of ether oxygens (including phenoxy) is 1. The van der Waals surface area contributed by atoms with Gasteiger partial charge in [-0.25, -0.2) is 4.98 Å². The molecular weight excluding hydrogens is 424 g/mol. The van der Waals surface area contributed by atoms with Crippen LogP contribution in [0.2, 0.25) is 0 Å². The number of nitrogens with one attached hydrogen (secondary N) is 1. The Morgan fingerprint density at radius 3 is 2.78 bits per heavy atom. The molecule has 5 aromatic rings. The van der Waals surface area contributed by atoms with Crippen LogP contribution in [-0.4, -0.2) is 27.3 Å². The van der Waals surface area contributed by atoms with Gasteiger partial charge in [-0.05, 0) is 63.1 Å². The van der Waals surface area contributed by atoms with Crippen molar-refractivity contribution >= 4 is 44.2 Å². The van der Waals surface area contributed by atoms with Gasteiger partial charge in [0.1, 0.15) is 5.82 Å². The fourth-order valence-corrected chi connectivity index (χ4v) is 4.60. The van der Waals surface area contributed by atoms with E-state index in [1.807, 2.05) is 38.1 Å². The number of aryl methyl sites for hydroxylation is 3. The summed E-state index contributed by atoms with van der Waals surface area (Å²) < 4.78 is 14.2. The van der Waals surface area contributed by atoms with Gasteiger partial charge in [0.25, 0.3) is 5.91 Å². The summed E-state index contributed by atoms with van der Waals surface area (Å²) in [4.78, 5) is 17.7. The van der Waals surface area contributed by atoms with Crippen LogP contribution >= 0.6 is 11.3 Å². The van der Waals surface area contributed by atoms with Crippen LogP contribution < -0.4 is 10.1 Å². The summed E-state index contributed by atoms with van der Waals surface area (Å²) >= 11 is 1.53. The maximum absolute atomic E-state index is 13.0. The molecule has 0 aliphatic heterocycles. The Morgan fingerprint density at radius 1 is 1.16 bits per heavy atom. The second kappa shape index (κ2) is 7.80. The van der Waals surface area contributed by atoms with Gasteiger partial charge in [-0.2, -0.15) is 9.78 Å². The molecule has 0 atom stereocenters. The molecule has 0 saturated heterocycles. The van der Waals surface area contributed by atoms with E-state index >= 15 is 0 Å². The normalized spacial score (nSPS) is 11.4. The fraction of sp³-hybridized carbons (Fsp3) is 0.208. The number of thiazole rings is 1. The van der Waals surface area contributed by atoms with E-state index in [-0.39, 0.29) is 11.7 Å². The minimum atomic E-state index is -0.363. The first-order valence-electron chi connectivity index (χ1n) is 10.3. The Kier molecular flexibility index (Phi) is 4.94. The van der Waals surface area contributed by atoms with E-state index in [0.717, 1.165) is 21.3 Å². The molecule has 0 radical (unpaired) electrons. The van der Waals surface area contributed by atoms with Crippen molar-refractivity contribution in [1.29, 1.82) is 0 Å². The van der Waals surface area contributed by atoms with Crippen LogP contribution in [0, 0.1) is 20.8 Å². The first kappa shape index (κ1) is 20.3. The number of fused-ring (bicyclic) bond motifs is 2. The molecule has 0 spiro atoms. The Labute approximate surface area is 188 Å². The van der Waals surface area contributed by atoms with Gasteiger partial charge in [-0.3, -0.25) is 4.79 Å². The quantitative estimate of drug-likeness (QED) is 0.369. The molecule has 3 aromatic heterocycles. The molecule has 0 aliphatic carbocycles. The van der Waals surface area contributed by atoms with Crippen LogP contribution in [-0.2, 0) is 0 Å². The fourth-order valence-electron chi connectivity index (χ4n) is 3.59. The van der Waals surface area contributed by atoms with Crippen molar-refractivity contribution in [1.82, 2.24) is 14.8 Å². The van der Waals surface area contributed by atoms with Crippen molar-refractivity contribution in [2.24, 2.45) is 0 Å². The number of amides is 1. The van der Waals surface area contributed by atoms with E-state index in [0.29, 0.717) is 28.9 Å². The monoisotopic (exact) mass is 446 g/mol. The molecule has 3 heterocycles. The predicted octanol–water partition coefficient (Wildman–Crippen LogP) is 5.80. The number of hydrogen-bond donors (Lipinski definition) is 1. The summed E-state index contributed by atoms with van der Waals surface area (Å²) in [5.41, 5.74) is 4.65. The number of rotatable bonds is 5. The first-order chi connectivity index (χ1) is 15.4. The van der Waals surface area contributed by atoms with Crippen molar-refractivity contribution in [2.45, 2.75) is 27.7 Å². The number of anilines is 1. The number of aromatic nitrogens is 3. The zero-order valence-corrected chi connectivity index (χ0v) is 19.0. The highest BCUT2D eigenvalue weighted by atomic mass is 32.1. The number of carbonyl (C=O) groups is 1. The molecule has 0 bridgehead atoms. The summed E-state index contributed by atoms with van der Waals surface area (Å²) in [5.74, 6) is 0.987. The Balaban J connectivity index is 1.49. The maximum atomic E-state index is 13.0. The van der Waals surface area contributed by atoms with Crippen LogP contribution in [0.4, 0.5) is 5.82 Å². The van der Waals surface area contributed by atoms with Gasteiger partial charge >= 0.3 is 0 Å². The first-order valence-corrected chi connectivity index (χ1v) is 11.2. The van der Waals surface area contributed by atoms with E-state index in [2.05, 4.69) is 36.4 Å². The minimum absolute atomic E-state index is 0.202. The van der Waals surface area contributed by atoms with Crippen molar-refractivity contribution in [3.8, 4) is 10.9 Å². The number of furan rings is 1. The Morgan fingerprint density at radius 2 is 1.97 bits per heavy atom. The Hall–Kier alpha value is -3.65. The molecule has 0 unspecified atom stereocenters. The topological polar surface area (TPSA) is 82.2 Å². The molecular formula is C24H22N4O3S. The minimum Gasteiger partial charge on any atom is -0.490 e. The summed E-state index contributed by atoms with van der Waals surface area (Å²) in [6.45, 7) is 8.46. The molecule has 0 aliphatic rings. The molecule has 1 N–H and O–H groups in total. The van der Waals surface area contributed by atoms with Crippen LogP contribution in [0.15, 0.2) is 46.9 Å². The second-order valence-electron chi connectivity index (χ2n) is 7.66. The average Bonchev–Trinajstić information content (AvgIpc) is 3.45. The highest BCUT2D eigenvalue weighted by Crippen LogP contribution is 2.31.